The first kappa shape index (κ1) is 18.2. The monoisotopic (exact) mass is 371 g/mol. The second-order valence-corrected chi connectivity index (χ2v) is 8.02. The van der Waals surface area contributed by atoms with Crippen LogP contribution >= 0.6 is 0 Å². The van der Waals surface area contributed by atoms with Gasteiger partial charge in [-0.25, -0.2) is 9.97 Å². The predicted octanol–water partition coefficient (Wildman–Crippen LogP) is 1.10. The predicted molar refractivity (Wildman–Crippen MR) is 105 cm³/mol. The largest absolute Gasteiger partial charge is 0.351 e. The molecule has 8 heteroatoms. The number of aryl methyl sites for hydroxylation is 2. The van der Waals surface area contributed by atoms with Gasteiger partial charge in [-0.3, -0.25) is 9.48 Å². The van der Waals surface area contributed by atoms with E-state index in [-0.39, 0.29) is 23.9 Å². The third-order valence-corrected chi connectivity index (χ3v) is 6.13. The standard InChI is InChI=1S/C19H29N7O/c1-12-16(23-19(27)14-5-8-24(3)9-6-14)7-10-26(12)18-15-11-20-25(4)17(15)21-13(2)22-18/h11-12,14,16H,5-10H2,1-4H3,(H,23,27). The highest BCUT2D eigenvalue weighted by molar-refractivity contribution is 5.87. The van der Waals surface area contributed by atoms with E-state index in [4.69, 9.17) is 4.98 Å². The molecule has 2 atom stereocenters. The zero-order chi connectivity index (χ0) is 19.1. The minimum atomic E-state index is 0.147. The smallest absolute Gasteiger partial charge is 0.223 e. The van der Waals surface area contributed by atoms with Crippen LogP contribution in [0.5, 0.6) is 0 Å². The number of anilines is 1. The van der Waals surface area contributed by atoms with Crippen molar-refractivity contribution >= 4 is 22.8 Å². The quantitative estimate of drug-likeness (QED) is 0.870. The molecule has 2 fully saturated rings. The van der Waals surface area contributed by atoms with Gasteiger partial charge in [-0.15, -0.1) is 0 Å². The molecule has 0 aromatic carbocycles. The minimum Gasteiger partial charge on any atom is -0.351 e. The summed E-state index contributed by atoms with van der Waals surface area (Å²) in [5, 5.41) is 8.63. The number of nitrogens with one attached hydrogen (secondary N) is 1. The number of carbonyl (C=O) groups is 1. The van der Waals surface area contributed by atoms with Crippen LogP contribution < -0.4 is 10.2 Å². The molecule has 0 radical (unpaired) electrons. The van der Waals surface area contributed by atoms with E-state index in [1.165, 1.54) is 0 Å². The summed E-state index contributed by atoms with van der Waals surface area (Å²) in [5.41, 5.74) is 0.850. The van der Waals surface area contributed by atoms with E-state index in [1.54, 1.807) is 4.68 Å². The van der Waals surface area contributed by atoms with E-state index in [1.807, 2.05) is 20.2 Å². The molecule has 0 spiro atoms. The lowest BCUT2D eigenvalue weighted by molar-refractivity contribution is -0.127. The summed E-state index contributed by atoms with van der Waals surface area (Å²) in [6.07, 6.45) is 4.68. The van der Waals surface area contributed by atoms with Crippen LogP contribution in [-0.4, -0.2) is 69.3 Å². The zero-order valence-electron chi connectivity index (χ0n) is 16.6. The van der Waals surface area contributed by atoms with Gasteiger partial charge in [0.2, 0.25) is 5.91 Å². The van der Waals surface area contributed by atoms with E-state index < -0.39 is 0 Å². The fourth-order valence-corrected chi connectivity index (χ4v) is 4.34. The lowest BCUT2D eigenvalue weighted by atomic mass is 9.95. The van der Waals surface area contributed by atoms with Crippen molar-refractivity contribution in [2.24, 2.45) is 13.0 Å². The highest BCUT2D eigenvalue weighted by atomic mass is 16.2. The molecule has 2 aromatic rings. The van der Waals surface area contributed by atoms with Crippen molar-refractivity contribution in [3.05, 3.63) is 12.0 Å². The first-order chi connectivity index (χ1) is 12.9. The Kier molecular flexibility index (Phi) is 4.75. The maximum absolute atomic E-state index is 12.7. The molecule has 0 aliphatic carbocycles. The summed E-state index contributed by atoms with van der Waals surface area (Å²) in [6, 6.07) is 0.345. The third kappa shape index (κ3) is 3.38. The number of fused-ring (bicyclic) bond motifs is 1. The number of aromatic nitrogens is 4. The Morgan fingerprint density at radius 2 is 1.89 bits per heavy atom. The molecule has 2 aliphatic heterocycles. The molecule has 2 unspecified atom stereocenters. The van der Waals surface area contributed by atoms with Crippen molar-refractivity contribution in [1.29, 1.82) is 0 Å². The molecule has 8 nitrogen and oxygen atoms in total. The number of carbonyl (C=O) groups excluding carboxylic acids is 1. The fourth-order valence-electron chi connectivity index (χ4n) is 4.34. The Hall–Kier alpha value is -2.22. The summed E-state index contributed by atoms with van der Waals surface area (Å²) in [6.45, 7) is 6.97. The molecule has 4 rings (SSSR count). The van der Waals surface area contributed by atoms with Crippen LogP contribution in [0, 0.1) is 12.8 Å². The summed E-state index contributed by atoms with van der Waals surface area (Å²) >= 11 is 0. The van der Waals surface area contributed by atoms with Crippen LogP contribution in [0.15, 0.2) is 6.20 Å². The van der Waals surface area contributed by atoms with E-state index in [2.05, 4.69) is 39.2 Å². The molecule has 2 saturated heterocycles. The second kappa shape index (κ2) is 7.07. The fraction of sp³-hybridized carbons (Fsp3) is 0.684. The van der Waals surface area contributed by atoms with Gasteiger partial charge in [0.15, 0.2) is 5.65 Å². The van der Waals surface area contributed by atoms with Gasteiger partial charge in [0, 0.05) is 25.6 Å². The first-order valence-corrected chi connectivity index (χ1v) is 9.86. The highest BCUT2D eigenvalue weighted by Gasteiger charge is 2.35. The number of hydrogen-bond acceptors (Lipinski definition) is 6. The molecule has 1 amide bonds. The van der Waals surface area contributed by atoms with Gasteiger partial charge in [0.05, 0.1) is 17.6 Å². The molecule has 1 N–H and O–H groups in total. The van der Waals surface area contributed by atoms with Gasteiger partial charge in [0.25, 0.3) is 0 Å². The summed E-state index contributed by atoms with van der Waals surface area (Å²) in [5.74, 6) is 2.03. The number of rotatable bonds is 3. The normalized spacial score (nSPS) is 24.7. The Bertz CT molecular complexity index is 840. The number of nitrogens with zero attached hydrogens (tertiary/aromatic N) is 6. The average molecular weight is 371 g/mol. The van der Waals surface area contributed by atoms with E-state index in [0.717, 1.165) is 61.6 Å². The van der Waals surface area contributed by atoms with Gasteiger partial charge in [0.1, 0.15) is 11.6 Å². The lowest BCUT2D eigenvalue weighted by Gasteiger charge is -2.30. The van der Waals surface area contributed by atoms with E-state index in [9.17, 15) is 4.79 Å². The topological polar surface area (TPSA) is 79.2 Å². The van der Waals surface area contributed by atoms with E-state index >= 15 is 0 Å². The van der Waals surface area contributed by atoms with Gasteiger partial charge < -0.3 is 15.1 Å². The molecule has 2 aromatic heterocycles. The SMILES string of the molecule is Cc1nc(N2CCC(NC(=O)C3CCN(C)CC3)C2C)c2cnn(C)c2n1. The molecular formula is C19H29N7O. The van der Waals surface area contributed by atoms with Crippen molar-refractivity contribution in [2.45, 2.75) is 45.2 Å². The lowest BCUT2D eigenvalue weighted by Crippen LogP contribution is -2.47. The minimum absolute atomic E-state index is 0.147. The number of likely N-dealkylation sites (tertiary alicyclic amines) is 1. The van der Waals surface area contributed by atoms with Crippen molar-refractivity contribution in [2.75, 3.05) is 31.6 Å². The van der Waals surface area contributed by atoms with Crippen molar-refractivity contribution < 1.29 is 4.79 Å². The Morgan fingerprint density at radius 3 is 2.63 bits per heavy atom. The van der Waals surface area contributed by atoms with Crippen molar-refractivity contribution in [3.8, 4) is 0 Å². The van der Waals surface area contributed by atoms with Gasteiger partial charge in [-0.1, -0.05) is 0 Å². The summed E-state index contributed by atoms with van der Waals surface area (Å²) in [4.78, 5) is 26.5. The Balaban J connectivity index is 1.49. The van der Waals surface area contributed by atoms with Crippen LogP contribution in [0.3, 0.4) is 0 Å². The number of hydrogen-bond donors (Lipinski definition) is 1. The average Bonchev–Trinajstić information content (AvgIpc) is 3.19. The maximum atomic E-state index is 12.7. The molecule has 146 valence electrons. The molecule has 2 aliphatic rings. The zero-order valence-corrected chi connectivity index (χ0v) is 16.6. The second-order valence-electron chi connectivity index (χ2n) is 8.02. The first-order valence-electron chi connectivity index (χ1n) is 9.86. The number of piperidine rings is 1. The van der Waals surface area contributed by atoms with Gasteiger partial charge in [-0.05, 0) is 53.2 Å². The molecular weight excluding hydrogens is 342 g/mol. The van der Waals surface area contributed by atoms with Gasteiger partial charge >= 0.3 is 0 Å². The molecule has 0 bridgehead atoms. The van der Waals surface area contributed by atoms with Crippen LogP contribution in [0.1, 0.15) is 32.0 Å². The van der Waals surface area contributed by atoms with Crippen LogP contribution in [0.25, 0.3) is 11.0 Å². The highest BCUT2D eigenvalue weighted by Crippen LogP contribution is 2.30. The van der Waals surface area contributed by atoms with E-state index in [0.29, 0.717) is 0 Å². The van der Waals surface area contributed by atoms with Crippen molar-refractivity contribution in [3.63, 3.8) is 0 Å². The molecule has 0 saturated carbocycles. The maximum Gasteiger partial charge on any atom is 0.223 e. The van der Waals surface area contributed by atoms with Crippen LogP contribution in [0.2, 0.25) is 0 Å². The Morgan fingerprint density at radius 1 is 1.15 bits per heavy atom. The van der Waals surface area contributed by atoms with Crippen LogP contribution in [0.4, 0.5) is 5.82 Å². The van der Waals surface area contributed by atoms with Crippen molar-refractivity contribution in [1.82, 2.24) is 30.0 Å². The Labute approximate surface area is 159 Å². The third-order valence-electron chi connectivity index (χ3n) is 6.13. The number of amides is 1. The summed E-state index contributed by atoms with van der Waals surface area (Å²) in [7, 11) is 4.02. The van der Waals surface area contributed by atoms with Crippen LogP contribution in [-0.2, 0) is 11.8 Å². The molecule has 4 heterocycles. The summed E-state index contributed by atoms with van der Waals surface area (Å²) < 4.78 is 1.79. The van der Waals surface area contributed by atoms with Gasteiger partial charge in [-0.2, -0.15) is 5.10 Å². The molecule has 27 heavy (non-hydrogen) atoms.